The van der Waals surface area contributed by atoms with Crippen molar-refractivity contribution in [1.82, 2.24) is 0 Å². The number of sulfone groups is 1. The first-order chi connectivity index (χ1) is 18.2. The van der Waals surface area contributed by atoms with Gasteiger partial charge in [-0.2, -0.15) is 0 Å². The van der Waals surface area contributed by atoms with Crippen molar-refractivity contribution in [2.24, 2.45) is 5.92 Å². The molecule has 14 heteroatoms. The van der Waals surface area contributed by atoms with Gasteiger partial charge in [0.1, 0.15) is 11.7 Å². The van der Waals surface area contributed by atoms with E-state index in [1.165, 1.54) is 24.3 Å². The Balaban J connectivity index is 1.57. The Hall–Kier alpha value is -4.17. The topological polar surface area (TPSA) is 130 Å². The number of hydrogen-bond donors (Lipinski definition) is 2. The number of rotatable bonds is 5. The standard InChI is InChI=1S/C25H18F3N3O6S2/c1-38(34,35)30-15-4-6-19-22(10-15)39(36,37)12-20(29-19)23-24(32)16-9-14(26)3-7-21(16)31(25(23)33)11-13-2-5-17(27)18(28)8-13/h2-10,12,23,29-30H,11H2,1H3. The molecular formula is C25H18F3N3O6S2. The second kappa shape index (κ2) is 9.24. The number of halogens is 3. The smallest absolute Gasteiger partial charge is 0.244 e. The summed E-state index contributed by atoms with van der Waals surface area (Å²) in [6.07, 6.45) is 0.893. The third-order valence-electron chi connectivity index (χ3n) is 6.08. The zero-order chi connectivity index (χ0) is 28.3. The normalized spacial score (nSPS) is 18.1. The van der Waals surface area contributed by atoms with Gasteiger partial charge in [0.15, 0.2) is 17.4 Å². The molecular weight excluding hydrogens is 559 g/mol. The number of ketones is 1. The van der Waals surface area contributed by atoms with E-state index >= 15 is 0 Å². The number of amides is 1. The third kappa shape index (κ3) is 5.00. The quantitative estimate of drug-likeness (QED) is 0.444. The third-order valence-corrected chi connectivity index (χ3v) is 8.20. The number of nitrogens with one attached hydrogen (secondary N) is 2. The van der Waals surface area contributed by atoms with E-state index in [4.69, 9.17) is 0 Å². The van der Waals surface area contributed by atoms with E-state index in [1.54, 1.807) is 0 Å². The molecule has 1 amide bonds. The molecule has 2 aliphatic heterocycles. The molecule has 2 heterocycles. The van der Waals surface area contributed by atoms with Gasteiger partial charge in [-0.05, 0) is 54.1 Å². The van der Waals surface area contributed by atoms with Crippen LogP contribution in [0.5, 0.6) is 0 Å². The molecule has 2 N–H and O–H groups in total. The van der Waals surface area contributed by atoms with E-state index in [2.05, 4.69) is 10.0 Å². The van der Waals surface area contributed by atoms with Crippen molar-refractivity contribution in [2.75, 3.05) is 21.2 Å². The van der Waals surface area contributed by atoms with Crippen molar-refractivity contribution < 1.29 is 39.6 Å². The molecule has 5 rings (SSSR count). The fourth-order valence-corrected chi connectivity index (χ4v) is 6.36. The summed E-state index contributed by atoms with van der Waals surface area (Å²) in [5.41, 5.74) is -0.384. The van der Waals surface area contributed by atoms with E-state index < -0.39 is 54.9 Å². The molecule has 1 atom stereocenters. The molecule has 1 unspecified atom stereocenters. The SMILES string of the molecule is CS(=O)(=O)Nc1ccc2c(c1)S(=O)(=O)C=C(C1C(=O)c3cc(F)ccc3N(Cc3ccc(F)c(F)c3)C1=O)N2. The first-order valence-corrected chi connectivity index (χ1v) is 14.6. The molecule has 0 fully saturated rings. The van der Waals surface area contributed by atoms with Gasteiger partial charge in [-0.15, -0.1) is 0 Å². The number of sulfonamides is 1. The van der Waals surface area contributed by atoms with Gasteiger partial charge in [0.25, 0.3) is 0 Å². The van der Waals surface area contributed by atoms with Crippen LogP contribution in [-0.2, 0) is 31.2 Å². The van der Waals surface area contributed by atoms with E-state index in [0.717, 1.165) is 41.5 Å². The molecule has 3 aromatic carbocycles. The van der Waals surface area contributed by atoms with Gasteiger partial charge in [0.2, 0.25) is 25.8 Å². The molecule has 39 heavy (non-hydrogen) atoms. The second-order valence-corrected chi connectivity index (χ2v) is 12.5. The molecule has 0 saturated heterocycles. The lowest BCUT2D eigenvalue weighted by Gasteiger charge is -2.35. The summed E-state index contributed by atoms with van der Waals surface area (Å²) in [5, 5.41) is 3.43. The van der Waals surface area contributed by atoms with Crippen molar-refractivity contribution in [3.63, 3.8) is 0 Å². The van der Waals surface area contributed by atoms with Crippen LogP contribution in [0.2, 0.25) is 0 Å². The molecule has 9 nitrogen and oxygen atoms in total. The molecule has 0 aromatic heterocycles. The first kappa shape index (κ1) is 26.4. The predicted octanol–water partition coefficient (Wildman–Crippen LogP) is 3.56. The summed E-state index contributed by atoms with van der Waals surface area (Å²) in [6, 6.07) is 9.74. The average molecular weight is 578 g/mol. The zero-order valence-electron chi connectivity index (χ0n) is 19.9. The Kier molecular flexibility index (Phi) is 6.26. The largest absolute Gasteiger partial charge is 0.356 e. The lowest BCUT2D eigenvalue weighted by Crippen LogP contribution is -2.46. The maximum absolute atomic E-state index is 14.1. The fraction of sp³-hybridized carbons (Fsp3) is 0.120. The predicted molar refractivity (Wildman–Crippen MR) is 136 cm³/mol. The van der Waals surface area contributed by atoms with E-state index in [-0.39, 0.29) is 45.3 Å². The maximum atomic E-state index is 14.1. The highest BCUT2D eigenvalue weighted by Crippen LogP contribution is 2.40. The molecule has 202 valence electrons. The van der Waals surface area contributed by atoms with Gasteiger partial charge in [-0.1, -0.05) is 6.07 Å². The molecule has 3 aromatic rings. The van der Waals surface area contributed by atoms with Crippen LogP contribution >= 0.6 is 0 Å². The van der Waals surface area contributed by atoms with Gasteiger partial charge in [0.05, 0.1) is 34.5 Å². The van der Waals surface area contributed by atoms with Crippen LogP contribution < -0.4 is 14.9 Å². The zero-order valence-corrected chi connectivity index (χ0v) is 21.5. The second-order valence-electron chi connectivity index (χ2n) is 8.96. The number of carbonyl (C=O) groups excluding carboxylic acids is 2. The van der Waals surface area contributed by atoms with Crippen LogP contribution in [0, 0.1) is 23.4 Å². The highest BCUT2D eigenvalue weighted by molar-refractivity contribution is 7.94. The average Bonchev–Trinajstić information content (AvgIpc) is 2.83. The number of nitrogens with zero attached hydrogens (tertiary/aromatic N) is 1. The number of anilines is 3. The molecule has 0 radical (unpaired) electrons. The Morgan fingerprint density at radius 3 is 2.41 bits per heavy atom. The van der Waals surface area contributed by atoms with Gasteiger partial charge in [-0.25, -0.2) is 30.0 Å². The van der Waals surface area contributed by atoms with Gasteiger partial charge in [-0.3, -0.25) is 14.3 Å². The van der Waals surface area contributed by atoms with Crippen LogP contribution in [-0.4, -0.2) is 34.8 Å². The van der Waals surface area contributed by atoms with Gasteiger partial charge in [0, 0.05) is 16.9 Å². The summed E-state index contributed by atoms with van der Waals surface area (Å²) >= 11 is 0. The number of fused-ring (bicyclic) bond motifs is 2. The molecule has 0 bridgehead atoms. The van der Waals surface area contributed by atoms with Crippen molar-refractivity contribution >= 4 is 48.6 Å². The number of Topliss-reactive ketones (excluding diaryl/α,β-unsaturated/α-hetero) is 1. The highest BCUT2D eigenvalue weighted by Gasteiger charge is 2.44. The summed E-state index contributed by atoms with van der Waals surface area (Å²) in [7, 11) is -7.99. The fourth-order valence-electron chi connectivity index (χ4n) is 4.44. The minimum Gasteiger partial charge on any atom is -0.356 e. The Morgan fingerprint density at radius 1 is 0.974 bits per heavy atom. The van der Waals surface area contributed by atoms with Gasteiger partial charge >= 0.3 is 0 Å². The summed E-state index contributed by atoms with van der Waals surface area (Å²) in [4.78, 5) is 27.9. The number of carbonyl (C=O) groups is 2. The molecule has 0 saturated carbocycles. The highest BCUT2D eigenvalue weighted by atomic mass is 32.2. The van der Waals surface area contributed by atoms with Crippen LogP contribution in [0.3, 0.4) is 0 Å². The lowest BCUT2D eigenvalue weighted by molar-refractivity contribution is -0.120. The first-order valence-electron chi connectivity index (χ1n) is 11.2. The minimum absolute atomic E-state index is 0.0172. The molecule has 2 aliphatic rings. The van der Waals surface area contributed by atoms with Crippen molar-refractivity contribution in [1.29, 1.82) is 0 Å². The monoisotopic (exact) mass is 577 g/mol. The summed E-state index contributed by atoms with van der Waals surface area (Å²) in [5.74, 6) is -6.53. The van der Waals surface area contributed by atoms with E-state index in [9.17, 15) is 39.6 Å². The van der Waals surface area contributed by atoms with Crippen molar-refractivity contribution in [2.45, 2.75) is 11.4 Å². The van der Waals surface area contributed by atoms with Crippen molar-refractivity contribution in [3.05, 3.63) is 94.3 Å². The Morgan fingerprint density at radius 2 is 1.72 bits per heavy atom. The van der Waals surface area contributed by atoms with Crippen LogP contribution in [0.1, 0.15) is 15.9 Å². The van der Waals surface area contributed by atoms with Crippen molar-refractivity contribution in [3.8, 4) is 0 Å². The van der Waals surface area contributed by atoms with E-state index in [0.29, 0.717) is 5.41 Å². The minimum atomic E-state index is -4.29. The Bertz CT molecular complexity index is 1820. The molecule has 0 aliphatic carbocycles. The Labute approximate surface area is 220 Å². The van der Waals surface area contributed by atoms with Crippen LogP contribution in [0.25, 0.3) is 0 Å². The van der Waals surface area contributed by atoms with Crippen LogP contribution in [0.4, 0.5) is 30.2 Å². The summed E-state index contributed by atoms with van der Waals surface area (Å²) in [6.45, 7) is -0.324. The van der Waals surface area contributed by atoms with Crippen LogP contribution in [0.15, 0.2) is 70.6 Å². The molecule has 0 spiro atoms. The van der Waals surface area contributed by atoms with E-state index in [1.807, 2.05) is 0 Å². The lowest BCUT2D eigenvalue weighted by atomic mass is 9.87. The van der Waals surface area contributed by atoms with Gasteiger partial charge < -0.3 is 10.2 Å². The maximum Gasteiger partial charge on any atom is 0.244 e. The summed E-state index contributed by atoms with van der Waals surface area (Å²) < 4.78 is 93.0. The number of hydrogen-bond acceptors (Lipinski definition) is 7. The number of benzene rings is 3.